The highest BCUT2D eigenvalue weighted by atomic mass is 16.5. The van der Waals surface area contributed by atoms with Gasteiger partial charge in [0, 0.05) is 11.6 Å². The van der Waals surface area contributed by atoms with Gasteiger partial charge in [0.15, 0.2) is 11.5 Å². The van der Waals surface area contributed by atoms with Crippen LogP contribution in [-0.4, -0.2) is 28.4 Å². The average molecular weight is 277 g/mol. The van der Waals surface area contributed by atoms with E-state index in [1.165, 1.54) is 13.2 Å². The first-order chi connectivity index (χ1) is 9.43. The number of phenols is 1. The summed E-state index contributed by atoms with van der Waals surface area (Å²) in [6, 6.07) is 4.71. The summed E-state index contributed by atoms with van der Waals surface area (Å²) in [5.74, 6) is -1.06. The molecule has 0 radical (unpaired) electrons. The maximum absolute atomic E-state index is 10.8. The van der Waals surface area contributed by atoms with Gasteiger partial charge in [-0.1, -0.05) is 19.0 Å². The second kappa shape index (κ2) is 5.24. The number of hydrogen-bond acceptors (Lipinski definition) is 5. The van der Waals surface area contributed by atoms with E-state index in [-0.39, 0.29) is 23.2 Å². The van der Waals surface area contributed by atoms with Gasteiger partial charge in [-0.15, -0.1) is 0 Å². The molecule has 2 N–H and O–H groups in total. The molecule has 0 saturated heterocycles. The molecule has 0 unspecified atom stereocenters. The van der Waals surface area contributed by atoms with E-state index in [1.807, 2.05) is 13.8 Å². The highest BCUT2D eigenvalue weighted by Crippen LogP contribution is 2.39. The van der Waals surface area contributed by atoms with Crippen LogP contribution in [0.3, 0.4) is 0 Å². The van der Waals surface area contributed by atoms with Crippen LogP contribution >= 0.6 is 0 Å². The molecule has 0 bridgehead atoms. The summed E-state index contributed by atoms with van der Waals surface area (Å²) in [5, 5.41) is 22.6. The lowest BCUT2D eigenvalue weighted by molar-refractivity contribution is 0.0652. The number of rotatable bonds is 4. The number of hydrogen-bond donors (Lipinski definition) is 2. The first kappa shape index (κ1) is 13.9. The van der Waals surface area contributed by atoms with E-state index in [0.29, 0.717) is 11.3 Å². The number of ether oxygens (including phenoxy) is 1. The lowest BCUT2D eigenvalue weighted by Crippen LogP contribution is -1.94. The Kier molecular flexibility index (Phi) is 3.65. The van der Waals surface area contributed by atoms with E-state index in [9.17, 15) is 9.90 Å². The van der Waals surface area contributed by atoms with Gasteiger partial charge >= 0.3 is 5.97 Å². The number of carboxylic acid groups (broad SMARTS) is 1. The molecule has 0 amide bonds. The van der Waals surface area contributed by atoms with Gasteiger partial charge in [0.2, 0.25) is 5.76 Å². The van der Waals surface area contributed by atoms with Crippen LogP contribution in [0.15, 0.2) is 22.7 Å². The lowest BCUT2D eigenvalue weighted by Gasteiger charge is -2.13. The van der Waals surface area contributed by atoms with E-state index in [1.54, 1.807) is 12.1 Å². The Morgan fingerprint density at radius 1 is 1.35 bits per heavy atom. The summed E-state index contributed by atoms with van der Waals surface area (Å²) in [7, 11) is 1.42. The van der Waals surface area contributed by atoms with Crippen molar-refractivity contribution >= 4 is 5.97 Å². The van der Waals surface area contributed by atoms with E-state index in [4.69, 9.17) is 14.4 Å². The second-order valence-electron chi connectivity index (χ2n) is 4.66. The quantitative estimate of drug-likeness (QED) is 0.892. The third kappa shape index (κ3) is 2.45. The molecule has 2 rings (SSSR count). The van der Waals surface area contributed by atoms with Crippen molar-refractivity contribution in [3.05, 3.63) is 29.5 Å². The van der Waals surface area contributed by atoms with Gasteiger partial charge < -0.3 is 19.5 Å². The van der Waals surface area contributed by atoms with Gasteiger partial charge in [-0.25, -0.2) is 4.79 Å². The number of nitrogens with zero attached hydrogens (tertiary/aromatic N) is 1. The van der Waals surface area contributed by atoms with E-state index >= 15 is 0 Å². The number of aromatic nitrogens is 1. The third-order valence-electron chi connectivity index (χ3n) is 2.96. The molecule has 20 heavy (non-hydrogen) atoms. The SMILES string of the molecule is COc1c(O)cc(C(C)C)cc1-c1cc(C(=O)O)on1. The van der Waals surface area contributed by atoms with Gasteiger partial charge in [-0.2, -0.15) is 0 Å². The molecule has 0 aliphatic heterocycles. The number of carbonyl (C=O) groups is 1. The zero-order valence-corrected chi connectivity index (χ0v) is 11.4. The monoisotopic (exact) mass is 277 g/mol. The molecule has 6 heteroatoms. The van der Waals surface area contributed by atoms with Crippen molar-refractivity contribution in [2.45, 2.75) is 19.8 Å². The van der Waals surface area contributed by atoms with E-state index < -0.39 is 5.97 Å². The summed E-state index contributed by atoms with van der Waals surface area (Å²) in [5.41, 5.74) is 1.68. The highest BCUT2D eigenvalue weighted by molar-refractivity contribution is 5.86. The maximum Gasteiger partial charge on any atom is 0.374 e. The topological polar surface area (TPSA) is 92.8 Å². The zero-order valence-electron chi connectivity index (χ0n) is 11.4. The molecule has 1 aromatic carbocycles. The van der Waals surface area contributed by atoms with Crippen LogP contribution < -0.4 is 4.74 Å². The lowest BCUT2D eigenvalue weighted by atomic mass is 9.98. The summed E-state index contributed by atoms with van der Waals surface area (Å²) >= 11 is 0. The normalized spacial score (nSPS) is 10.8. The van der Waals surface area contributed by atoms with Gasteiger partial charge in [0.25, 0.3) is 0 Å². The zero-order chi connectivity index (χ0) is 14.9. The average Bonchev–Trinajstić information content (AvgIpc) is 2.87. The fourth-order valence-electron chi connectivity index (χ4n) is 1.88. The molecule has 0 saturated carbocycles. The molecule has 106 valence electrons. The van der Waals surface area contributed by atoms with Gasteiger partial charge in [0.1, 0.15) is 5.69 Å². The third-order valence-corrected chi connectivity index (χ3v) is 2.96. The predicted octanol–water partition coefficient (Wildman–Crippen LogP) is 2.88. The Labute approximate surface area is 115 Å². The van der Waals surface area contributed by atoms with Crippen molar-refractivity contribution in [3.63, 3.8) is 0 Å². The fourth-order valence-corrected chi connectivity index (χ4v) is 1.88. The Bertz CT molecular complexity index is 645. The van der Waals surface area contributed by atoms with Crippen LogP contribution in [0.1, 0.15) is 35.9 Å². The molecule has 2 aromatic rings. The van der Waals surface area contributed by atoms with Crippen molar-refractivity contribution in [1.29, 1.82) is 0 Å². The minimum Gasteiger partial charge on any atom is -0.504 e. The van der Waals surface area contributed by atoms with Gasteiger partial charge in [-0.05, 0) is 23.6 Å². The minimum absolute atomic E-state index is 0.0198. The summed E-state index contributed by atoms with van der Waals surface area (Å²) in [4.78, 5) is 10.8. The molecule has 0 aliphatic carbocycles. The van der Waals surface area contributed by atoms with Crippen molar-refractivity contribution in [2.24, 2.45) is 0 Å². The highest BCUT2D eigenvalue weighted by Gasteiger charge is 2.19. The summed E-state index contributed by atoms with van der Waals surface area (Å²) < 4.78 is 9.89. The smallest absolute Gasteiger partial charge is 0.374 e. The number of aromatic carboxylic acids is 1. The molecular weight excluding hydrogens is 262 g/mol. The van der Waals surface area contributed by atoms with Crippen LogP contribution in [0.5, 0.6) is 11.5 Å². The second-order valence-corrected chi connectivity index (χ2v) is 4.66. The Morgan fingerprint density at radius 3 is 2.55 bits per heavy atom. The molecule has 1 heterocycles. The number of carboxylic acids is 1. The Morgan fingerprint density at radius 2 is 2.05 bits per heavy atom. The van der Waals surface area contributed by atoms with Crippen LogP contribution in [-0.2, 0) is 0 Å². The van der Waals surface area contributed by atoms with Crippen LogP contribution in [0.2, 0.25) is 0 Å². The van der Waals surface area contributed by atoms with Crippen molar-refractivity contribution in [3.8, 4) is 22.8 Å². The number of aromatic hydroxyl groups is 1. The number of methoxy groups -OCH3 is 1. The van der Waals surface area contributed by atoms with Crippen LogP contribution in [0.25, 0.3) is 11.3 Å². The van der Waals surface area contributed by atoms with E-state index in [0.717, 1.165) is 5.56 Å². The predicted molar refractivity (Wildman–Crippen MR) is 71.2 cm³/mol. The number of phenolic OH excluding ortho intramolecular Hbond substituents is 1. The first-order valence-corrected chi connectivity index (χ1v) is 6.05. The molecule has 0 spiro atoms. The molecule has 0 aliphatic rings. The Hall–Kier alpha value is -2.50. The fraction of sp³-hybridized carbons (Fsp3) is 0.286. The summed E-state index contributed by atoms with van der Waals surface area (Å²) in [6.45, 7) is 3.97. The molecule has 0 fully saturated rings. The standard InChI is InChI=1S/C14H15NO5/c1-7(2)8-4-9(13(19-3)11(16)5-8)10-6-12(14(17)18)20-15-10/h4-7,16H,1-3H3,(H,17,18). The number of benzene rings is 1. The minimum atomic E-state index is -1.20. The molecule has 1 aromatic heterocycles. The summed E-state index contributed by atoms with van der Waals surface area (Å²) in [6.07, 6.45) is 0. The van der Waals surface area contributed by atoms with Gasteiger partial charge in [0.05, 0.1) is 7.11 Å². The van der Waals surface area contributed by atoms with Crippen LogP contribution in [0, 0.1) is 0 Å². The first-order valence-electron chi connectivity index (χ1n) is 6.05. The molecule has 0 atom stereocenters. The molecular formula is C14H15NO5. The van der Waals surface area contributed by atoms with Crippen LogP contribution in [0.4, 0.5) is 0 Å². The largest absolute Gasteiger partial charge is 0.504 e. The molecule has 6 nitrogen and oxygen atoms in total. The van der Waals surface area contributed by atoms with Gasteiger partial charge in [-0.3, -0.25) is 0 Å². The maximum atomic E-state index is 10.8. The van der Waals surface area contributed by atoms with E-state index in [2.05, 4.69) is 5.16 Å². The van der Waals surface area contributed by atoms with Crippen molar-refractivity contribution in [1.82, 2.24) is 5.16 Å². The van der Waals surface area contributed by atoms with Crippen molar-refractivity contribution in [2.75, 3.05) is 7.11 Å². The Balaban J connectivity index is 2.60. The van der Waals surface area contributed by atoms with Crippen molar-refractivity contribution < 1.29 is 24.3 Å².